The van der Waals surface area contributed by atoms with Crippen LogP contribution in [0.25, 0.3) is 0 Å². The Morgan fingerprint density at radius 2 is 2.27 bits per heavy atom. The summed E-state index contributed by atoms with van der Waals surface area (Å²) >= 11 is 0. The molecule has 0 aliphatic carbocycles. The number of aliphatic hydroxyl groups is 1. The van der Waals surface area contributed by atoms with Gasteiger partial charge >= 0.3 is 5.97 Å². The van der Waals surface area contributed by atoms with Gasteiger partial charge in [-0.05, 0) is 6.42 Å². The number of ether oxygens (including phenoxy) is 2. The third kappa shape index (κ3) is 7.29. The summed E-state index contributed by atoms with van der Waals surface area (Å²) in [5.74, 6) is -0.413. The molecule has 0 aromatic carbocycles. The number of carbonyl (C=O) groups is 1. The van der Waals surface area contributed by atoms with Gasteiger partial charge in [0.15, 0.2) is 6.29 Å². The summed E-state index contributed by atoms with van der Waals surface area (Å²) in [5.41, 5.74) is 0. The molecule has 11 heavy (non-hydrogen) atoms. The van der Waals surface area contributed by atoms with E-state index in [9.17, 15) is 4.79 Å². The SMILES string of the molecule is CCCOC(O)COC(C)=O. The van der Waals surface area contributed by atoms with Crippen LogP contribution < -0.4 is 0 Å². The minimum Gasteiger partial charge on any atom is -0.460 e. The summed E-state index contributed by atoms with van der Waals surface area (Å²) < 4.78 is 9.31. The van der Waals surface area contributed by atoms with Crippen molar-refractivity contribution in [2.24, 2.45) is 0 Å². The molecule has 4 heteroatoms. The van der Waals surface area contributed by atoms with Crippen molar-refractivity contribution in [3.63, 3.8) is 0 Å². The van der Waals surface area contributed by atoms with E-state index >= 15 is 0 Å². The van der Waals surface area contributed by atoms with Crippen LogP contribution in [0.5, 0.6) is 0 Å². The molecule has 0 bridgehead atoms. The van der Waals surface area contributed by atoms with E-state index in [0.717, 1.165) is 6.42 Å². The number of hydrogen-bond acceptors (Lipinski definition) is 4. The fourth-order valence-electron chi connectivity index (χ4n) is 0.491. The second-order valence-electron chi connectivity index (χ2n) is 2.13. The molecule has 0 saturated carbocycles. The number of hydrogen-bond donors (Lipinski definition) is 1. The third-order valence-electron chi connectivity index (χ3n) is 0.944. The Morgan fingerprint density at radius 1 is 1.64 bits per heavy atom. The zero-order valence-corrected chi connectivity index (χ0v) is 6.87. The Bertz CT molecular complexity index is 113. The second-order valence-corrected chi connectivity index (χ2v) is 2.13. The standard InChI is InChI=1S/C7H14O4/c1-3-4-10-7(9)5-11-6(2)8/h7,9H,3-5H2,1-2H3. The molecule has 1 N–H and O–H groups in total. The lowest BCUT2D eigenvalue weighted by Crippen LogP contribution is -2.20. The van der Waals surface area contributed by atoms with E-state index in [2.05, 4.69) is 4.74 Å². The molecule has 0 spiro atoms. The van der Waals surface area contributed by atoms with Crippen LogP contribution in [0.4, 0.5) is 0 Å². The van der Waals surface area contributed by atoms with Crippen molar-refractivity contribution in [2.75, 3.05) is 13.2 Å². The summed E-state index contributed by atoms with van der Waals surface area (Å²) in [5, 5.41) is 8.93. The van der Waals surface area contributed by atoms with Gasteiger partial charge in [0.25, 0.3) is 0 Å². The lowest BCUT2D eigenvalue weighted by molar-refractivity contribution is -0.163. The molecule has 0 aliphatic rings. The molecule has 0 saturated heterocycles. The summed E-state index contributed by atoms with van der Waals surface area (Å²) in [7, 11) is 0. The Morgan fingerprint density at radius 3 is 2.73 bits per heavy atom. The maximum Gasteiger partial charge on any atom is 0.302 e. The molecule has 0 rings (SSSR count). The molecule has 0 aromatic rings. The predicted molar refractivity (Wildman–Crippen MR) is 38.9 cm³/mol. The van der Waals surface area contributed by atoms with Crippen LogP contribution in [0.2, 0.25) is 0 Å². The zero-order chi connectivity index (χ0) is 8.69. The van der Waals surface area contributed by atoms with Gasteiger partial charge in [-0.3, -0.25) is 4.79 Å². The van der Waals surface area contributed by atoms with E-state index in [0.29, 0.717) is 6.61 Å². The van der Waals surface area contributed by atoms with Crippen molar-refractivity contribution < 1.29 is 19.4 Å². The smallest absolute Gasteiger partial charge is 0.302 e. The largest absolute Gasteiger partial charge is 0.460 e. The minimum absolute atomic E-state index is 0.0880. The Kier molecular flexibility index (Phi) is 5.78. The average molecular weight is 162 g/mol. The molecule has 1 atom stereocenters. The summed E-state index contributed by atoms with van der Waals surface area (Å²) in [6.45, 7) is 3.60. The molecule has 0 aromatic heterocycles. The number of carbonyl (C=O) groups excluding carboxylic acids is 1. The van der Waals surface area contributed by atoms with Crippen molar-refractivity contribution >= 4 is 5.97 Å². The van der Waals surface area contributed by atoms with Crippen molar-refractivity contribution in [3.05, 3.63) is 0 Å². The fraction of sp³-hybridized carbons (Fsp3) is 0.857. The quantitative estimate of drug-likeness (QED) is 0.466. The van der Waals surface area contributed by atoms with Crippen molar-refractivity contribution in [2.45, 2.75) is 26.6 Å². The molecule has 0 radical (unpaired) electrons. The van der Waals surface area contributed by atoms with E-state index in [1.54, 1.807) is 0 Å². The van der Waals surface area contributed by atoms with Gasteiger partial charge in [0, 0.05) is 13.5 Å². The molecule has 0 amide bonds. The van der Waals surface area contributed by atoms with Gasteiger partial charge in [0.1, 0.15) is 6.61 Å². The van der Waals surface area contributed by atoms with Crippen LogP contribution >= 0.6 is 0 Å². The van der Waals surface area contributed by atoms with Crippen LogP contribution in [0.1, 0.15) is 20.3 Å². The van der Waals surface area contributed by atoms with Crippen molar-refractivity contribution in [3.8, 4) is 0 Å². The summed E-state index contributed by atoms with van der Waals surface area (Å²) in [6, 6.07) is 0. The second kappa shape index (κ2) is 6.12. The Balaban J connectivity index is 3.22. The first kappa shape index (κ1) is 10.4. The topological polar surface area (TPSA) is 55.8 Å². The third-order valence-corrected chi connectivity index (χ3v) is 0.944. The molecule has 66 valence electrons. The van der Waals surface area contributed by atoms with E-state index in [4.69, 9.17) is 9.84 Å². The molecule has 4 nitrogen and oxygen atoms in total. The van der Waals surface area contributed by atoms with Crippen LogP contribution in [0.15, 0.2) is 0 Å². The molecular weight excluding hydrogens is 148 g/mol. The average Bonchev–Trinajstić information content (AvgIpc) is 1.97. The maximum absolute atomic E-state index is 10.2. The molecule has 0 aliphatic heterocycles. The highest BCUT2D eigenvalue weighted by molar-refractivity contribution is 5.65. The molecule has 1 unspecified atom stereocenters. The van der Waals surface area contributed by atoms with Gasteiger partial charge in [-0.25, -0.2) is 0 Å². The van der Waals surface area contributed by atoms with E-state index < -0.39 is 12.3 Å². The lowest BCUT2D eigenvalue weighted by atomic mass is 10.5. The van der Waals surface area contributed by atoms with E-state index in [-0.39, 0.29) is 6.61 Å². The van der Waals surface area contributed by atoms with Gasteiger partial charge in [-0.1, -0.05) is 6.92 Å². The maximum atomic E-state index is 10.2. The van der Waals surface area contributed by atoms with Gasteiger partial charge in [-0.15, -0.1) is 0 Å². The highest BCUT2D eigenvalue weighted by Crippen LogP contribution is 1.90. The lowest BCUT2D eigenvalue weighted by Gasteiger charge is -2.10. The normalized spacial score (nSPS) is 12.6. The molecule has 0 fully saturated rings. The fourth-order valence-corrected chi connectivity index (χ4v) is 0.491. The number of rotatable bonds is 5. The van der Waals surface area contributed by atoms with Crippen LogP contribution in [0.3, 0.4) is 0 Å². The minimum atomic E-state index is -0.987. The van der Waals surface area contributed by atoms with Crippen LogP contribution in [-0.2, 0) is 14.3 Å². The Labute approximate surface area is 66.1 Å². The first-order valence-corrected chi connectivity index (χ1v) is 3.59. The van der Waals surface area contributed by atoms with Crippen molar-refractivity contribution in [1.29, 1.82) is 0 Å². The first-order chi connectivity index (χ1) is 5.16. The monoisotopic (exact) mass is 162 g/mol. The highest BCUT2D eigenvalue weighted by atomic mass is 16.6. The Hall–Kier alpha value is -0.610. The molecule has 0 heterocycles. The van der Waals surface area contributed by atoms with Gasteiger partial charge in [-0.2, -0.15) is 0 Å². The zero-order valence-electron chi connectivity index (χ0n) is 6.87. The number of esters is 1. The van der Waals surface area contributed by atoms with E-state index in [1.165, 1.54) is 6.92 Å². The summed E-state index contributed by atoms with van der Waals surface area (Å²) in [6.07, 6.45) is -0.157. The van der Waals surface area contributed by atoms with Gasteiger partial charge in [0.2, 0.25) is 0 Å². The van der Waals surface area contributed by atoms with E-state index in [1.807, 2.05) is 6.92 Å². The van der Waals surface area contributed by atoms with Crippen molar-refractivity contribution in [1.82, 2.24) is 0 Å². The van der Waals surface area contributed by atoms with Crippen LogP contribution in [-0.4, -0.2) is 30.6 Å². The van der Waals surface area contributed by atoms with Gasteiger partial charge < -0.3 is 14.6 Å². The molecular formula is C7H14O4. The summed E-state index contributed by atoms with van der Waals surface area (Å²) in [4.78, 5) is 10.2. The first-order valence-electron chi connectivity index (χ1n) is 3.59. The predicted octanol–water partition coefficient (Wildman–Crippen LogP) is 0.295. The number of aliphatic hydroxyl groups excluding tert-OH is 1. The van der Waals surface area contributed by atoms with Crippen LogP contribution in [0, 0.1) is 0 Å². The van der Waals surface area contributed by atoms with Gasteiger partial charge in [0.05, 0.1) is 0 Å². The highest BCUT2D eigenvalue weighted by Gasteiger charge is 2.04.